The number of ketones is 1. The van der Waals surface area contributed by atoms with Gasteiger partial charge in [-0.3, -0.25) is 14.5 Å². The van der Waals surface area contributed by atoms with Crippen LogP contribution < -0.4 is 0 Å². The Bertz CT molecular complexity index is 636. The largest absolute Gasteiger partial charge is 0.345 e. The van der Waals surface area contributed by atoms with Crippen LogP contribution >= 0.6 is 0 Å². The summed E-state index contributed by atoms with van der Waals surface area (Å²) in [5, 5.41) is 0. The average Bonchev–Trinajstić information content (AvgIpc) is 3.22. The normalized spacial score (nSPS) is 19.6. The van der Waals surface area contributed by atoms with Crippen LogP contribution in [0.5, 0.6) is 0 Å². The summed E-state index contributed by atoms with van der Waals surface area (Å²) in [4.78, 5) is 28.7. The number of nitrogens with zero attached hydrogens (tertiary/aromatic N) is 3. The van der Waals surface area contributed by atoms with Gasteiger partial charge >= 0.3 is 0 Å². The fourth-order valence-corrected chi connectivity index (χ4v) is 4.45. The highest BCUT2D eigenvalue weighted by atomic mass is 16.2. The van der Waals surface area contributed by atoms with Gasteiger partial charge in [0.1, 0.15) is 0 Å². The highest BCUT2D eigenvalue weighted by molar-refractivity contribution is 5.99. The summed E-state index contributed by atoms with van der Waals surface area (Å²) in [5.41, 5.74) is 3.23. The number of amides is 1. The zero-order valence-electron chi connectivity index (χ0n) is 15.9. The van der Waals surface area contributed by atoms with Gasteiger partial charge in [-0.2, -0.15) is 0 Å². The van der Waals surface area contributed by atoms with Crippen molar-refractivity contribution in [2.24, 2.45) is 0 Å². The molecule has 2 fully saturated rings. The van der Waals surface area contributed by atoms with Crippen LogP contribution in [0.4, 0.5) is 0 Å². The molecule has 2 heterocycles. The van der Waals surface area contributed by atoms with Crippen molar-refractivity contribution in [1.29, 1.82) is 0 Å². The number of aryl methyl sites for hydroxylation is 1. The number of piperazine rings is 1. The first-order valence-electron chi connectivity index (χ1n) is 9.73. The van der Waals surface area contributed by atoms with Gasteiger partial charge in [0.15, 0.2) is 5.78 Å². The summed E-state index contributed by atoms with van der Waals surface area (Å²) in [6.45, 7) is 9.63. The minimum atomic E-state index is 0.214. The zero-order valence-corrected chi connectivity index (χ0v) is 15.9. The molecule has 25 heavy (non-hydrogen) atoms. The van der Waals surface area contributed by atoms with Crippen LogP contribution in [0, 0.1) is 13.8 Å². The van der Waals surface area contributed by atoms with E-state index in [2.05, 4.69) is 29.4 Å². The van der Waals surface area contributed by atoms with Crippen LogP contribution in [0.3, 0.4) is 0 Å². The maximum atomic E-state index is 12.9. The Morgan fingerprint density at radius 3 is 2.32 bits per heavy atom. The second kappa shape index (κ2) is 7.73. The lowest BCUT2D eigenvalue weighted by molar-refractivity contribution is -0.132. The molecule has 0 atom stereocenters. The molecule has 0 aromatic carbocycles. The summed E-state index contributed by atoms with van der Waals surface area (Å²) in [7, 11) is 0. The van der Waals surface area contributed by atoms with Crippen molar-refractivity contribution in [3.8, 4) is 0 Å². The molecule has 0 bridgehead atoms. The number of rotatable bonds is 5. The quantitative estimate of drug-likeness (QED) is 0.771. The molecular formula is C20H31N3O2. The van der Waals surface area contributed by atoms with E-state index >= 15 is 0 Å². The number of carbonyl (C=O) groups excluding carboxylic acids is 2. The van der Waals surface area contributed by atoms with E-state index in [-0.39, 0.29) is 11.7 Å². The lowest BCUT2D eigenvalue weighted by Crippen LogP contribution is -2.49. The molecule has 5 nitrogen and oxygen atoms in total. The fourth-order valence-electron chi connectivity index (χ4n) is 4.45. The van der Waals surface area contributed by atoms with Crippen molar-refractivity contribution in [3.63, 3.8) is 0 Å². The molecule has 1 saturated carbocycles. The number of hydrogen-bond donors (Lipinski definition) is 0. The lowest BCUT2D eigenvalue weighted by atomic mass is 10.1. The lowest BCUT2D eigenvalue weighted by Gasteiger charge is -2.34. The van der Waals surface area contributed by atoms with Crippen molar-refractivity contribution < 1.29 is 9.59 Å². The van der Waals surface area contributed by atoms with Crippen LogP contribution in [-0.4, -0.2) is 58.8 Å². The minimum Gasteiger partial charge on any atom is -0.345 e. The molecule has 0 radical (unpaired) electrons. The number of aromatic nitrogens is 1. The van der Waals surface area contributed by atoms with Crippen molar-refractivity contribution in [3.05, 3.63) is 23.0 Å². The van der Waals surface area contributed by atoms with Gasteiger partial charge in [0.05, 0.1) is 6.54 Å². The van der Waals surface area contributed by atoms with Crippen LogP contribution in [0.1, 0.15) is 66.8 Å². The third kappa shape index (κ3) is 3.81. The first-order valence-corrected chi connectivity index (χ1v) is 9.73. The molecule has 0 unspecified atom stereocenters. The standard InChI is InChI=1S/C20H31N3O2/c1-4-20(25)22-11-9-21(10-12-22)14-19(24)18-13-15(2)23(16(18)3)17-7-5-6-8-17/h13,17H,4-12,14H2,1-3H3. The zero-order chi connectivity index (χ0) is 18.0. The maximum absolute atomic E-state index is 12.9. The van der Waals surface area contributed by atoms with Crippen molar-refractivity contribution in [2.75, 3.05) is 32.7 Å². The van der Waals surface area contributed by atoms with Crippen LogP contribution in [0.25, 0.3) is 0 Å². The molecule has 138 valence electrons. The molecule has 1 aliphatic carbocycles. The van der Waals surface area contributed by atoms with Crippen LogP contribution in [-0.2, 0) is 4.79 Å². The van der Waals surface area contributed by atoms with E-state index in [4.69, 9.17) is 0 Å². The number of carbonyl (C=O) groups is 2. The monoisotopic (exact) mass is 345 g/mol. The first-order chi connectivity index (χ1) is 12.0. The summed E-state index contributed by atoms with van der Waals surface area (Å²) in [5.74, 6) is 0.429. The predicted octanol–water partition coefficient (Wildman–Crippen LogP) is 2.96. The molecule has 1 saturated heterocycles. The second-order valence-electron chi connectivity index (χ2n) is 7.53. The van der Waals surface area contributed by atoms with Crippen LogP contribution in [0.15, 0.2) is 6.07 Å². The van der Waals surface area contributed by atoms with Gasteiger partial charge in [-0.15, -0.1) is 0 Å². The van der Waals surface area contributed by atoms with Crippen LogP contribution in [0.2, 0.25) is 0 Å². The molecule has 3 rings (SSSR count). The van der Waals surface area contributed by atoms with Gasteiger partial charge in [-0.05, 0) is 32.8 Å². The van der Waals surface area contributed by atoms with Crippen molar-refractivity contribution in [1.82, 2.24) is 14.4 Å². The molecule has 2 aliphatic rings. The molecule has 5 heteroatoms. The van der Waals surface area contributed by atoms with E-state index in [1.54, 1.807) is 0 Å². The highest BCUT2D eigenvalue weighted by Crippen LogP contribution is 2.33. The van der Waals surface area contributed by atoms with Gasteiger partial charge < -0.3 is 9.47 Å². The van der Waals surface area contributed by atoms with Gasteiger partial charge in [-0.1, -0.05) is 19.8 Å². The molecule has 1 aromatic rings. The highest BCUT2D eigenvalue weighted by Gasteiger charge is 2.26. The molecule has 0 N–H and O–H groups in total. The van der Waals surface area contributed by atoms with E-state index in [1.165, 1.54) is 31.4 Å². The van der Waals surface area contributed by atoms with E-state index in [9.17, 15) is 9.59 Å². The molecule has 1 aromatic heterocycles. The average molecular weight is 345 g/mol. The minimum absolute atomic E-state index is 0.214. The Hall–Kier alpha value is -1.62. The molecule has 1 amide bonds. The number of hydrogen-bond acceptors (Lipinski definition) is 3. The van der Waals surface area contributed by atoms with Crippen molar-refractivity contribution >= 4 is 11.7 Å². The predicted molar refractivity (Wildman–Crippen MR) is 99.1 cm³/mol. The molecular weight excluding hydrogens is 314 g/mol. The van der Waals surface area contributed by atoms with E-state index in [1.807, 2.05) is 11.8 Å². The summed E-state index contributed by atoms with van der Waals surface area (Å²) in [6, 6.07) is 2.65. The van der Waals surface area contributed by atoms with E-state index in [0.717, 1.165) is 37.4 Å². The Kier molecular flexibility index (Phi) is 5.62. The summed E-state index contributed by atoms with van der Waals surface area (Å²) >= 11 is 0. The van der Waals surface area contributed by atoms with Gasteiger partial charge in [0.2, 0.25) is 5.91 Å². The topological polar surface area (TPSA) is 45.6 Å². The maximum Gasteiger partial charge on any atom is 0.222 e. The molecule has 0 spiro atoms. The van der Waals surface area contributed by atoms with E-state index < -0.39 is 0 Å². The fraction of sp³-hybridized carbons (Fsp3) is 0.700. The van der Waals surface area contributed by atoms with Crippen molar-refractivity contribution in [2.45, 2.75) is 58.9 Å². The first kappa shape index (κ1) is 18.2. The SMILES string of the molecule is CCC(=O)N1CCN(CC(=O)c2cc(C)n(C3CCCC3)c2C)CC1. The third-order valence-electron chi connectivity index (χ3n) is 5.87. The van der Waals surface area contributed by atoms with E-state index in [0.29, 0.717) is 19.0 Å². The Morgan fingerprint density at radius 1 is 1.08 bits per heavy atom. The Labute approximate surface area is 151 Å². The molecule has 1 aliphatic heterocycles. The van der Waals surface area contributed by atoms with Gasteiger partial charge in [-0.25, -0.2) is 0 Å². The summed E-state index contributed by atoms with van der Waals surface area (Å²) < 4.78 is 2.39. The van der Waals surface area contributed by atoms with Gasteiger partial charge in [0.25, 0.3) is 0 Å². The Morgan fingerprint density at radius 2 is 1.72 bits per heavy atom. The third-order valence-corrected chi connectivity index (χ3v) is 5.87. The summed E-state index contributed by atoms with van der Waals surface area (Å²) in [6.07, 6.45) is 5.62. The van der Waals surface area contributed by atoms with Gasteiger partial charge in [0, 0.05) is 55.6 Å². The number of Topliss-reactive ketones (excluding diaryl/α,β-unsaturated/α-hetero) is 1. The second-order valence-corrected chi connectivity index (χ2v) is 7.53. The Balaban J connectivity index is 1.62. The smallest absolute Gasteiger partial charge is 0.222 e.